The summed E-state index contributed by atoms with van der Waals surface area (Å²) < 4.78 is 0. The van der Waals surface area contributed by atoms with Crippen LogP contribution in [-0.2, 0) is 0 Å². The van der Waals surface area contributed by atoms with E-state index >= 15 is 0 Å². The van der Waals surface area contributed by atoms with Crippen LogP contribution < -0.4 is 10.6 Å². The molecule has 2 N–H and O–H groups in total. The van der Waals surface area contributed by atoms with Crippen molar-refractivity contribution in [1.82, 2.24) is 10.2 Å². The van der Waals surface area contributed by atoms with Gasteiger partial charge in [0.25, 0.3) is 0 Å². The van der Waals surface area contributed by atoms with Gasteiger partial charge in [0.1, 0.15) is 0 Å². The number of urea groups is 1. The maximum atomic E-state index is 11.8. The topological polar surface area (TPSA) is 44.4 Å². The Morgan fingerprint density at radius 3 is 2.65 bits per heavy atom. The highest BCUT2D eigenvalue weighted by Gasteiger charge is 2.24. The highest BCUT2D eigenvalue weighted by molar-refractivity contribution is 5.89. The number of rotatable bonds is 4. The summed E-state index contributed by atoms with van der Waals surface area (Å²) in [6, 6.07) is 8.31. The lowest BCUT2D eigenvalue weighted by atomic mass is 10.1. The molecule has 0 saturated carbocycles. The van der Waals surface area contributed by atoms with E-state index in [1.807, 2.05) is 31.2 Å². The van der Waals surface area contributed by atoms with Crippen LogP contribution in [0.4, 0.5) is 10.5 Å². The molecule has 1 atom stereocenters. The average Bonchev–Trinajstić information content (AvgIpc) is 2.88. The summed E-state index contributed by atoms with van der Waals surface area (Å²) in [6.45, 7) is 9.46. The van der Waals surface area contributed by atoms with Crippen LogP contribution in [-0.4, -0.2) is 36.6 Å². The molecule has 0 aromatic heterocycles. The molecule has 4 heteroatoms. The Kier molecular flexibility index (Phi) is 5.01. The number of hydrogen-bond acceptors (Lipinski definition) is 2. The molecule has 4 nitrogen and oxygen atoms in total. The van der Waals surface area contributed by atoms with Crippen molar-refractivity contribution in [3.05, 3.63) is 29.8 Å². The van der Waals surface area contributed by atoms with E-state index in [9.17, 15) is 4.79 Å². The molecule has 110 valence electrons. The molecule has 0 unspecified atom stereocenters. The largest absolute Gasteiger partial charge is 0.338 e. The Labute approximate surface area is 121 Å². The smallest absolute Gasteiger partial charge is 0.319 e. The molecule has 1 heterocycles. The maximum absolute atomic E-state index is 11.8. The average molecular weight is 275 g/mol. The first kappa shape index (κ1) is 14.9. The lowest BCUT2D eigenvalue weighted by Gasteiger charge is -2.20. The van der Waals surface area contributed by atoms with Gasteiger partial charge in [-0.3, -0.25) is 0 Å². The summed E-state index contributed by atoms with van der Waals surface area (Å²) in [6.07, 6.45) is 1.17. The van der Waals surface area contributed by atoms with Gasteiger partial charge in [-0.25, -0.2) is 4.79 Å². The molecule has 0 spiro atoms. The van der Waals surface area contributed by atoms with Crippen molar-refractivity contribution in [1.29, 1.82) is 0 Å². The number of nitrogens with one attached hydrogen (secondary N) is 2. The van der Waals surface area contributed by atoms with Crippen LogP contribution in [0.2, 0.25) is 0 Å². The van der Waals surface area contributed by atoms with Crippen molar-refractivity contribution >= 4 is 11.7 Å². The normalized spacial score (nSPS) is 19.3. The molecule has 1 aromatic rings. The van der Waals surface area contributed by atoms with Gasteiger partial charge in [-0.15, -0.1) is 0 Å². The number of likely N-dealkylation sites (tertiary alicyclic amines) is 1. The van der Waals surface area contributed by atoms with Gasteiger partial charge in [-0.05, 0) is 51.8 Å². The van der Waals surface area contributed by atoms with Crippen LogP contribution in [0.15, 0.2) is 24.3 Å². The van der Waals surface area contributed by atoms with E-state index in [4.69, 9.17) is 0 Å². The molecule has 1 aromatic carbocycles. The maximum Gasteiger partial charge on any atom is 0.319 e. The minimum absolute atomic E-state index is 0.114. The fourth-order valence-electron chi connectivity index (χ4n) is 2.55. The molecule has 20 heavy (non-hydrogen) atoms. The molecule has 0 radical (unpaired) electrons. The second kappa shape index (κ2) is 6.75. The first-order valence-corrected chi connectivity index (χ1v) is 7.40. The van der Waals surface area contributed by atoms with E-state index in [-0.39, 0.29) is 6.03 Å². The second-order valence-electron chi connectivity index (χ2n) is 5.94. The number of anilines is 1. The molecule has 1 saturated heterocycles. The van der Waals surface area contributed by atoms with Crippen molar-refractivity contribution < 1.29 is 4.79 Å². The van der Waals surface area contributed by atoms with E-state index < -0.39 is 0 Å². The Morgan fingerprint density at radius 2 is 2.05 bits per heavy atom. The third-order valence-electron chi connectivity index (χ3n) is 3.91. The summed E-state index contributed by atoms with van der Waals surface area (Å²) in [5.74, 6) is 0.571. The van der Waals surface area contributed by atoms with E-state index in [1.165, 1.54) is 12.0 Å². The van der Waals surface area contributed by atoms with Crippen molar-refractivity contribution in [2.45, 2.75) is 33.2 Å². The molecule has 0 aliphatic carbocycles. The van der Waals surface area contributed by atoms with E-state index in [2.05, 4.69) is 29.4 Å². The van der Waals surface area contributed by atoms with E-state index in [0.29, 0.717) is 12.0 Å². The predicted molar refractivity (Wildman–Crippen MR) is 83.0 cm³/mol. The number of carbonyl (C=O) groups excluding carboxylic acids is 1. The fraction of sp³-hybridized carbons (Fsp3) is 0.562. The van der Waals surface area contributed by atoms with Crippen molar-refractivity contribution in [2.75, 3.05) is 25.0 Å². The fourth-order valence-corrected chi connectivity index (χ4v) is 2.55. The zero-order chi connectivity index (χ0) is 14.5. The zero-order valence-electron chi connectivity index (χ0n) is 12.6. The van der Waals surface area contributed by atoms with Crippen LogP contribution in [0, 0.1) is 12.8 Å². The van der Waals surface area contributed by atoms with Crippen molar-refractivity contribution in [3.63, 3.8) is 0 Å². The second-order valence-corrected chi connectivity index (χ2v) is 5.94. The summed E-state index contributed by atoms with van der Waals surface area (Å²) in [7, 11) is 0. The molecular weight excluding hydrogens is 250 g/mol. The number of aryl methyl sites for hydroxylation is 1. The van der Waals surface area contributed by atoms with Gasteiger partial charge in [0, 0.05) is 24.8 Å². The molecular formula is C16H25N3O. The third-order valence-corrected chi connectivity index (χ3v) is 3.91. The quantitative estimate of drug-likeness (QED) is 0.887. The number of benzene rings is 1. The highest BCUT2D eigenvalue weighted by atomic mass is 16.2. The molecule has 2 amide bonds. The van der Waals surface area contributed by atoms with Crippen LogP contribution in [0.3, 0.4) is 0 Å². The van der Waals surface area contributed by atoms with Crippen LogP contribution in [0.1, 0.15) is 25.8 Å². The monoisotopic (exact) mass is 275 g/mol. The van der Waals surface area contributed by atoms with E-state index in [0.717, 1.165) is 25.3 Å². The van der Waals surface area contributed by atoms with Gasteiger partial charge in [0.2, 0.25) is 0 Å². The Hall–Kier alpha value is -1.55. The Balaban J connectivity index is 1.72. The van der Waals surface area contributed by atoms with Crippen LogP contribution in [0.5, 0.6) is 0 Å². The number of hydrogen-bond donors (Lipinski definition) is 2. The number of amides is 2. The minimum Gasteiger partial charge on any atom is -0.338 e. The Morgan fingerprint density at radius 1 is 1.35 bits per heavy atom. The first-order chi connectivity index (χ1) is 9.54. The summed E-state index contributed by atoms with van der Waals surface area (Å²) in [5.41, 5.74) is 2.03. The summed E-state index contributed by atoms with van der Waals surface area (Å²) in [4.78, 5) is 14.3. The SMILES string of the molecule is Cc1ccc(NC(=O)NC[C@H]2CCN(C(C)C)C2)cc1. The van der Waals surface area contributed by atoms with Gasteiger partial charge in [-0.1, -0.05) is 17.7 Å². The van der Waals surface area contributed by atoms with Crippen molar-refractivity contribution in [2.24, 2.45) is 5.92 Å². The van der Waals surface area contributed by atoms with Gasteiger partial charge in [0.05, 0.1) is 0 Å². The van der Waals surface area contributed by atoms with Gasteiger partial charge >= 0.3 is 6.03 Å². The van der Waals surface area contributed by atoms with Crippen LogP contribution >= 0.6 is 0 Å². The number of carbonyl (C=O) groups is 1. The van der Waals surface area contributed by atoms with Gasteiger partial charge in [0.15, 0.2) is 0 Å². The molecule has 0 bridgehead atoms. The standard InChI is InChI=1S/C16H25N3O/c1-12(2)19-9-8-14(11-19)10-17-16(20)18-15-6-4-13(3)5-7-15/h4-7,12,14H,8-11H2,1-3H3,(H2,17,18,20)/t14-/m1/s1. The predicted octanol–water partition coefficient (Wildman–Crippen LogP) is 2.85. The molecule has 1 aliphatic rings. The lowest BCUT2D eigenvalue weighted by molar-refractivity contribution is 0.247. The first-order valence-electron chi connectivity index (χ1n) is 7.40. The van der Waals surface area contributed by atoms with Gasteiger partial charge < -0.3 is 15.5 Å². The molecule has 1 aliphatic heterocycles. The Bertz CT molecular complexity index is 442. The summed E-state index contributed by atoms with van der Waals surface area (Å²) >= 11 is 0. The minimum atomic E-state index is -0.114. The summed E-state index contributed by atoms with van der Waals surface area (Å²) in [5, 5.41) is 5.83. The molecule has 2 rings (SSSR count). The van der Waals surface area contributed by atoms with Crippen molar-refractivity contribution in [3.8, 4) is 0 Å². The zero-order valence-corrected chi connectivity index (χ0v) is 12.6. The lowest BCUT2D eigenvalue weighted by Crippen LogP contribution is -2.35. The number of nitrogens with zero attached hydrogens (tertiary/aromatic N) is 1. The van der Waals surface area contributed by atoms with Gasteiger partial charge in [-0.2, -0.15) is 0 Å². The van der Waals surface area contributed by atoms with E-state index in [1.54, 1.807) is 0 Å². The highest BCUT2D eigenvalue weighted by Crippen LogP contribution is 2.17. The third kappa shape index (κ3) is 4.23. The van der Waals surface area contributed by atoms with Crippen LogP contribution in [0.25, 0.3) is 0 Å². The molecule has 1 fully saturated rings.